The van der Waals surface area contributed by atoms with Crippen molar-refractivity contribution in [2.75, 3.05) is 38.2 Å². The molecule has 2 aliphatic rings. The van der Waals surface area contributed by atoms with Gasteiger partial charge in [0.25, 0.3) is 0 Å². The molecule has 0 radical (unpaired) electrons. The minimum Gasteiger partial charge on any atom is -0.455 e. The first-order valence-electron chi connectivity index (χ1n) is 12.0. The molecule has 0 aromatic heterocycles. The smallest absolute Gasteiger partial charge is 0.210 e. The first-order valence-corrected chi connectivity index (χ1v) is 12.0. The van der Waals surface area contributed by atoms with Gasteiger partial charge in [0.2, 0.25) is 5.79 Å². The number of nitrogens with zero attached hydrogens (tertiary/aromatic N) is 2. The van der Waals surface area contributed by atoms with E-state index in [1.807, 2.05) is 72.8 Å². The van der Waals surface area contributed by atoms with Crippen LogP contribution in [0.25, 0.3) is 0 Å². The normalized spacial score (nSPS) is 20.1. The highest BCUT2D eigenvalue weighted by atomic mass is 16.5. The van der Waals surface area contributed by atoms with Crippen molar-refractivity contribution in [1.29, 1.82) is 0 Å². The lowest BCUT2D eigenvalue weighted by molar-refractivity contribution is 0.0384. The molecule has 5 rings (SSSR count). The number of nitrogens with one attached hydrogen (secondary N) is 2. The molecule has 0 amide bonds. The maximum Gasteiger partial charge on any atom is 0.210 e. The van der Waals surface area contributed by atoms with Crippen molar-refractivity contribution < 1.29 is 9.47 Å². The summed E-state index contributed by atoms with van der Waals surface area (Å²) in [6.45, 7) is 4.60. The maximum atomic E-state index is 6.75. The Kier molecular flexibility index (Phi) is 7.09. The molecule has 2 heterocycles. The highest BCUT2D eigenvalue weighted by Gasteiger charge is 2.29. The molecule has 3 aromatic carbocycles. The van der Waals surface area contributed by atoms with Crippen molar-refractivity contribution in [2.24, 2.45) is 10.7 Å². The SMILES string of the molecule is NC1(c2cccc(CCN3CCOCC3)c2)N=CC=C(Nc2ccccc2Oc2ccccc2)N1. The molecule has 0 aliphatic carbocycles. The maximum absolute atomic E-state index is 6.75. The van der Waals surface area contributed by atoms with Crippen LogP contribution >= 0.6 is 0 Å². The van der Waals surface area contributed by atoms with Crippen LogP contribution in [0.2, 0.25) is 0 Å². The van der Waals surface area contributed by atoms with Crippen molar-refractivity contribution in [3.8, 4) is 11.5 Å². The number of hydrogen-bond acceptors (Lipinski definition) is 7. The van der Waals surface area contributed by atoms with Crippen LogP contribution in [0, 0.1) is 0 Å². The second kappa shape index (κ2) is 10.7. The lowest BCUT2D eigenvalue weighted by atomic mass is 10.0. The summed E-state index contributed by atoms with van der Waals surface area (Å²) >= 11 is 0. The van der Waals surface area contributed by atoms with Gasteiger partial charge in [0.15, 0.2) is 5.75 Å². The summed E-state index contributed by atoms with van der Waals surface area (Å²) in [4.78, 5) is 7.01. The van der Waals surface area contributed by atoms with Gasteiger partial charge in [-0.2, -0.15) is 0 Å². The molecule has 3 aromatic rings. The topological polar surface area (TPSA) is 84.1 Å². The van der Waals surface area contributed by atoms with E-state index in [0.717, 1.165) is 67.8 Å². The molecule has 4 N–H and O–H groups in total. The van der Waals surface area contributed by atoms with E-state index in [9.17, 15) is 0 Å². The summed E-state index contributed by atoms with van der Waals surface area (Å²) in [5.74, 6) is 1.17. The molecular weight excluding hydrogens is 438 g/mol. The van der Waals surface area contributed by atoms with E-state index in [1.54, 1.807) is 6.21 Å². The lowest BCUT2D eigenvalue weighted by Gasteiger charge is -2.32. The fraction of sp³-hybridized carbons (Fsp3) is 0.250. The molecule has 2 aliphatic heterocycles. The fourth-order valence-electron chi connectivity index (χ4n) is 4.22. The zero-order valence-electron chi connectivity index (χ0n) is 19.7. The van der Waals surface area contributed by atoms with Gasteiger partial charge in [-0.25, -0.2) is 4.99 Å². The number of benzene rings is 3. The largest absolute Gasteiger partial charge is 0.455 e. The second-order valence-electron chi connectivity index (χ2n) is 8.69. The predicted molar refractivity (Wildman–Crippen MR) is 140 cm³/mol. The molecule has 0 saturated carbocycles. The number of anilines is 1. The van der Waals surface area contributed by atoms with Gasteiger partial charge in [-0.3, -0.25) is 10.6 Å². The van der Waals surface area contributed by atoms with Crippen molar-refractivity contribution in [2.45, 2.75) is 12.2 Å². The number of morpholine rings is 1. The number of nitrogens with two attached hydrogens (primary N) is 1. The van der Waals surface area contributed by atoms with Crippen LogP contribution in [0.1, 0.15) is 11.1 Å². The number of ether oxygens (including phenoxy) is 2. The summed E-state index contributed by atoms with van der Waals surface area (Å²) in [5.41, 5.74) is 9.72. The Morgan fingerprint density at radius 3 is 2.66 bits per heavy atom. The highest BCUT2D eigenvalue weighted by molar-refractivity contribution is 5.76. The number of allylic oxidation sites excluding steroid dienone is 1. The van der Waals surface area contributed by atoms with Crippen LogP contribution in [0.4, 0.5) is 5.69 Å². The van der Waals surface area contributed by atoms with Crippen molar-refractivity contribution in [3.63, 3.8) is 0 Å². The number of rotatable bonds is 8. The average Bonchev–Trinajstić information content (AvgIpc) is 2.90. The van der Waals surface area contributed by atoms with Gasteiger partial charge < -0.3 is 20.1 Å². The van der Waals surface area contributed by atoms with E-state index in [2.05, 4.69) is 32.7 Å². The molecule has 1 unspecified atom stereocenters. The highest BCUT2D eigenvalue weighted by Crippen LogP contribution is 2.31. The molecule has 7 nitrogen and oxygen atoms in total. The van der Waals surface area contributed by atoms with Crippen LogP contribution in [0.3, 0.4) is 0 Å². The third kappa shape index (κ3) is 5.89. The van der Waals surface area contributed by atoms with Gasteiger partial charge >= 0.3 is 0 Å². The van der Waals surface area contributed by atoms with Crippen LogP contribution in [-0.4, -0.2) is 44.0 Å². The van der Waals surface area contributed by atoms with E-state index >= 15 is 0 Å². The molecule has 1 fully saturated rings. The second-order valence-corrected chi connectivity index (χ2v) is 8.69. The molecular formula is C28H31N5O2. The van der Waals surface area contributed by atoms with E-state index in [0.29, 0.717) is 0 Å². The summed E-state index contributed by atoms with van der Waals surface area (Å²) in [6, 6.07) is 25.9. The Hall–Kier alpha value is -3.65. The first-order chi connectivity index (χ1) is 17.2. The molecule has 7 heteroatoms. The Morgan fingerprint density at radius 2 is 1.80 bits per heavy atom. The molecule has 35 heavy (non-hydrogen) atoms. The minimum atomic E-state index is -1.07. The summed E-state index contributed by atoms with van der Waals surface area (Å²) in [5, 5.41) is 6.78. The van der Waals surface area contributed by atoms with E-state index < -0.39 is 5.79 Å². The zero-order chi connectivity index (χ0) is 23.9. The number of hydrogen-bond donors (Lipinski definition) is 3. The van der Waals surface area contributed by atoms with E-state index in [-0.39, 0.29) is 0 Å². The number of para-hydroxylation sites is 3. The first kappa shape index (κ1) is 23.1. The van der Waals surface area contributed by atoms with Crippen LogP contribution in [0.5, 0.6) is 11.5 Å². The van der Waals surface area contributed by atoms with E-state index in [1.165, 1.54) is 5.56 Å². The van der Waals surface area contributed by atoms with Crippen LogP contribution in [-0.2, 0) is 16.9 Å². The van der Waals surface area contributed by atoms with Gasteiger partial charge in [0, 0.05) is 31.4 Å². The van der Waals surface area contributed by atoms with Crippen LogP contribution in [0.15, 0.2) is 95.8 Å². The van der Waals surface area contributed by atoms with Crippen LogP contribution < -0.4 is 21.1 Å². The van der Waals surface area contributed by atoms with Gasteiger partial charge in [0.1, 0.15) is 11.6 Å². The molecule has 0 bridgehead atoms. The minimum absolute atomic E-state index is 0.719. The Labute approximate surface area is 206 Å². The Morgan fingerprint density at radius 1 is 1.00 bits per heavy atom. The molecule has 0 spiro atoms. The predicted octanol–water partition coefficient (Wildman–Crippen LogP) is 4.05. The zero-order valence-corrected chi connectivity index (χ0v) is 19.7. The summed E-state index contributed by atoms with van der Waals surface area (Å²) in [7, 11) is 0. The molecule has 1 atom stereocenters. The lowest BCUT2D eigenvalue weighted by Crippen LogP contribution is -2.51. The Balaban J connectivity index is 1.27. The van der Waals surface area contributed by atoms with Crippen molar-refractivity contribution in [3.05, 3.63) is 102 Å². The standard InChI is InChI=1S/C28H31N5O2/c29-28(23-8-6-7-22(21-23)14-16-33-17-19-34-20-18-33)30-15-13-27(32-28)31-25-11-4-5-12-26(25)35-24-9-2-1-3-10-24/h1-13,15,21,31-32H,14,16-20,29H2. The molecule has 180 valence electrons. The van der Waals surface area contributed by atoms with Gasteiger partial charge in [0.05, 0.1) is 18.9 Å². The average molecular weight is 470 g/mol. The number of aliphatic imine (C=N–C) groups is 1. The fourth-order valence-corrected chi connectivity index (χ4v) is 4.22. The van der Waals surface area contributed by atoms with Gasteiger partial charge in [-0.15, -0.1) is 0 Å². The molecule has 1 saturated heterocycles. The van der Waals surface area contributed by atoms with Crippen molar-refractivity contribution >= 4 is 11.9 Å². The third-order valence-corrected chi connectivity index (χ3v) is 6.16. The van der Waals surface area contributed by atoms with Crippen molar-refractivity contribution in [1.82, 2.24) is 10.2 Å². The monoisotopic (exact) mass is 469 g/mol. The van der Waals surface area contributed by atoms with Gasteiger partial charge in [-0.05, 0) is 42.3 Å². The summed E-state index contributed by atoms with van der Waals surface area (Å²) < 4.78 is 11.5. The van der Waals surface area contributed by atoms with E-state index in [4.69, 9.17) is 15.2 Å². The van der Waals surface area contributed by atoms with Gasteiger partial charge in [-0.1, -0.05) is 54.6 Å². The quantitative estimate of drug-likeness (QED) is 0.462. The Bertz CT molecular complexity index is 1190. The summed E-state index contributed by atoms with van der Waals surface area (Å²) in [6.07, 6.45) is 4.56. The third-order valence-electron chi connectivity index (χ3n) is 6.16.